The first-order valence-electron chi connectivity index (χ1n) is 5.59. The first-order valence-corrected chi connectivity index (χ1v) is 7.40. The van der Waals surface area contributed by atoms with Crippen LogP contribution in [0.25, 0.3) is 0 Å². The standard InChI is InChI=1S/C12H12Cl2N2O2S/c1-15-10(17)5-16-11(18)6-19-12(16)7-2-3-8(13)9(14)4-7/h2-4,12H,5-6H2,1H3,(H,15,17). The highest BCUT2D eigenvalue weighted by Gasteiger charge is 2.34. The van der Waals surface area contributed by atoms with Gasteiger partial charge in [0.1, 0.15) is 11.9 Å². The van der Waals surface area contributed by atoms with Gasteiger partial charge < -0.3 is 10.2 Å². The van der Waals surface area contributed by atoms with Crippen molar-refractivity contribution in [2.24, 2.45) is 0 Å². The average molecular weight is 319 g/mol. The molecule has 0 aliphatic carbocycles. The van der Waals surface area contributed by atoms with Gasteiger partial charge in [0.15, 0.2) is 0 Å². The van der Waals surface area contributed by atoms with Gasteiger partial charge in [0, 0.05) is 7.05 Å². The van der Waals surface area contributed by atoms with E-state index in [0.29, 0.717) is 15.8 Å². The van der Waals surface area contributed by atoms with E-state index >= 15 is 0 Å². The van der Waals surface area contributed by atoms with E-state index in [2.05, 4.69) is 5.32 Å². The Hall–Kier alpha value is -0.910. The molecule has 1 aliphatic rings. The second-order valence-electron chi connectivity index (χ2n) is 4.03. The largest absolute Gasteiger partial charge is 0.358 e. The zero-order valence-electron chi connectivity index (χ0n) is 10.2. The van der Waals surface area contributed by atoms with E-state index in [1.165, 1.54) is 11.8 Å². The average Bonchev–Trinajstić information content (AvgIpc) is 2.74. The molecule has 0 spiro atoms. The SMILES string of the molecule is CNC(=O)CN1C(=O)CSC1c1ccc(Cl)c(Cl)c1. The van der Waals surface area contributed by atoms with Gasteiger partial charge in [-0.2, -0.15) is 0 Å². The molecule has 4 nitrogen and oxygen atoms in total. The normalized spacial score (nSPS) is 18.8. The third-order valence-electron chi connectivity index (χ3n) is 2.79. The predicted molar refractivity (Wildman–Crippen MR) is 77.4 cm³/mol. The van der Waals surface area contributed by atoms with Gasteiger partial charge in [-0.05, 0) is 17.7 Å². The van der Waals surface area contributed by atoms with E-state index in [9.17, 15) is 9.59 Å². The smallest absolute Gasteiger partial charge is 0.239 e. The Labute approximate surface area is 125 Å². The van der Waals surface area contributed by atoms with Crippen LogP contribution in [0.5, 0.6) is 0 Å². The van der Waals surface area contributed by atoms with E-state index in [1.54, 1.807) is 24.1 Å². The van der Waals surface area contributed by atoms with Crippen LogP contribution in [0.3, 0.4) is 0 Å². The zero-order chi connectivity index (χ0) is 14.0. The van der Waals surface area contributed by atoms with Crippen LogP contribution >= 0.6 is 35.0 Å². The Balaban J connectivity index is 2.24. The highest BCUT2D eigenvalue weighted by molar-refractivity contribution is 8.00. The van der Waals surface area contributed by atoms with E-state index in [0.717, 1.165) is 5.56 Å². The molecule has 0 aromatic heterocycles. The molecule has 0 saturated carbocycles. The van der Waals surface area contributed by atoms with Crippen LogP contribution in [0.4, 0.5) is 0 Å². The Morgan fingerprint density at radius 1 is 1.47 bits per heavy atom. The zero-order valence-corrected chi connectivity index (χ0v) is 12.5. The van der Waals surface area contributed by atoms with Crippen molar-refractivity contribution in [2.75, 3.05) is 19.3 Å². The van der Waals surface area contributed by atoms with Gasteiger partial charge in [-0.25, -0.2) is 0 Å². The fourth-order valence-electron chi connectivity index (χ4n) is 1.80. The number of carbonyl (C=O) groups is 2. The van der Waals surface area contributed by atoms with Gasteiger partial charge >= 0.3 is 0 Å². The molecule has 102 valence electrons. The van der Waals surface area contributed by atoms with Crippen molar-refractivity contribution in [1.29, 1.82) is 0 Å². The van der Waals surface area contributed by atoms with E-state index in [4.69, 9.17) is 23.2 Å². The summed E-state index contributed by atoms with van der Waals surface area (Å²) >= 11 is 13.3. The molecule has 1 aromatic rings. The van der Waals surface area contributed by atoms with Crippen molar-refractivity contribution in [3.63, 3.8) is 0 Å². The minimum Gasteiger partial charge on any atom is -0.358 e. The molecule has 1 unspecified atom stereocenters. The third kappa shape index (κ3) is 3.16. The Morgan fingerprint density at radius 3 is 2.84 bits per heavy atom. The fourth-order valence-corrected chi connectivity index (χ4v) is 3.28. The second-order valence-corrected chi connectivity index (χ2v) is 5.91. The maximum Gasteiger partial charge on any atom is 0.239 e. The number of hydrogen-bond donors (Lipinski definition) is 1. The number of carbonyl (C=O) groups excluding carboxylic acids is 2. The van der Waals surface area contributed by atoms with E-state index < -0.39 is 0 Å². The summed E-state index contributed by atoms with van der Waals surface area (Å²) in [4.78, 5) is 24.8. The summed E-state index contributed by atoms with van der Waals surface area (Å²) in [5.41, 5.74) is 0.870. The lowest BCUT2D eigenvalue weighted by molar-refractivity contribution is -0.133. The molecule has 1 saturated heterocycles. The molecule has 1 aliphatic heterocycles. The highest BCUT2D eigenvalue weighted by Crippen LogP contribution is 2.40. The molecule has 1 heterocycles. The van der Waals surface area contributed by atoms with Crippen LogP contribution in [0.15, 0.2) is 18.2 Å². The molecular formula is C12H12Cl2N2O2S. The molecule has 19 heavy (non-hydrogen) atoms. The van der Waals surface area contributed by atoms with Crippen molar-refractivity contribution in [1.82, 2.24) is 10.2 Å². The molecule has 1 fully saturated rings. The van der Waals surface area contributed by atoms with Crippen LogP contribution < -0.4 is 5.32 Å². The minimum absolute atomic E-state index is 0.0489. The topological polar surface area (TPSA) is 49.4 Å². The monoisotopic (exact) mass is 318 g/mol. The fraction of sp³-hybridized carbons (Fsp3) is 0.333. The van der Waals surface area contributed by atoms with Crippen molar-refractivity contribution in [3.8, 4) is 0 Å². The summed E-state index contributed by atoms with van der Waals surface area (Å²) in [6.45, 7) is 0.0489. The summed E-state index contributed by atoms with van der Waals surface area (Å²) < 4.78 is 0. The lowest BCUT2D eigenvalue weighted by Gasteiger charge is -2.23. The number of halogens is 2. The Kier molecular flexibility index (Phi) is 4.60. The predicted octanol–water partition coefficient (Wildman–Crippen LogP) is 2.31. The molecule has 1 aromatic carbocycles. The van der Waals surface area contributed by atoms with Gasteiger partial charge in [-0.1, -0.05) is 29.3 Å². The lowest BCUT2D eigenvalue weighted by Crippen LogP contribution is -2.37. The van der Waals surface area contributed by atoms with Crippen LogP contribution in [-0.4, -0.2) is 36.1 Å². The summed E-state index contributed by atoms with van der Waals surface area (Å²) in [6, 6.07) is 5.25. The van der Waals surface area contributed by atoms with Crippen LogP contribution in [0.1, 0.15) is 10.9 Å². The van der Waals surface area contributed by atoms with Crippen molar-refractivity contribution in [2.45, 2.75) is 5.37 Å². The van der Waals surface area contributed by atoms with Gasteiger partial charge in [0.05, 0.1) is 15.8 Å². The highest BCUT2D eigenvalue weighted by atomic mass is 35.5. The lowest BCUT2D eigenvalue weighted by atomic mass is 10.2. The van der Waals surface area contributed by atoms with E-state index in [1.807, 2.05) is 6.07 Å². The van der Waals surface area contributed by atoms with Gasteiger partial charge in [0.2, 0.25) is 11.8 Å². The van der Waals surface area contributed by atoms with Crippen LogP contribution in [0, 0.1) is 0 Å². The molecule has 1 N–H and O–H groups in total. The number of thioether (sulfide) groups is 1. The maximum absolute atomic E-state index is 11.8. The first-order chi connectivity index (χ1) is 9.02. The number of hydrogen-bond acceptors (Lipinski definition) is 3. The number of rotatable bonds is 3. The molecule has 0 radical (unpaired) electrons. The van der Waals surface area contributed by atoms with Crippen molar-refractivity contribution >= 4 is 46.8 Å². The van der Waals surface area contributed by atoms with Crippen molar-refractivity contribution in [3.05, 3.63) is 33.8 Å². The van der Waals surface area contributed by atoms with Gasteiger partial charge in [-0.3, -0.25) is 9.59 Å². The molecule has 1 atom stereocenters. The Morgan fingerprint density at radius 2 is 2.21 bits per heavy atom. The second kappa shape index (κ2) is 6.03. The Bertz CT molecular complexity index is 524. The summed E-state index contributed by atoms with van der Waals surface area (Å²) in [5.74, 6) is 0.118. The minimum atomic E-state index is -0.195. The van der Waals surface area contributed by atoms with E-state index in [-0.39, 0.29) is 23.7 Å². The van der Waals surface area contributed by atoms with Crippen LogP contribution in [-0.2, 0) is 9.59 Å². The molecule has 7 heteroatoms. The van der Waals surface area contributed by atoms with Gasteiger partial charge in [-0.15, -0.1) is 11.8 Å². The molecular weight excluding hydrogens is 307 g/mol. The summed E-state index contributed by atoms with van der Waals surface area (Å²) in [5, 5.41) is 3.23. The molecule has 0 bridgehead atoms. The maximum atomic E-state index is 11.8. The quantitative estimate of drug-likeness (QED) is 0.930. The first kappa shape index (κ1) is 14.5. The number of likely N-dealkylation sites (N-methyl/N-ethyl adjacent to an activating group) is 1. The number of nitrogens with one attached hydrogen (secondary N) is 1. The summed E-state index contributed by atoms with van der Waals surface area (Å²) in [6.07, 6.45) is 0. The number of amides is 2. The summed E-state index contributed by atoms with van der Waals surface area (Å²) in [7, 11) is 1.55. The molecule has 2 rings (SSSR count). The third-order valence-corrected chi connectivity index (χ3v) is 4.78. The van der Waals surface area contributed by atoms with Crippen LogP contribution in [0.2, 0.25) is 10.0 Å². The van der Waals surface area contributed by atoms with Gasteiger partial charge in [0.25, 0.3) is 0 Å². The number of benzene rings is 1. The van der Waals surface area contributed by atoms with Crippen molar-refractivity contribution < 1.29 is 9.59 Å². The number of nitrogens with zero attached hydrogens (tertiary/aromatic N) is 1. The molecule has 2 amide bonds.